The number of fused-ring (bicyclic) bond motifs is 1. The lowest BCUT2D eigenvalue weighted by molar-refractivity contribution is -0.181. The second-order valence-corrected chi connectivity index (χ2v) is 10.4. The summed E-state index contributed by atoms with van der Waals surface area (Å²) in [4.78, 5) is 11.3. The maximum absolute atomic E-state index is 11.3. The number of allylic oxidation sites excluding steroid dienone is 2. The van der Waals surface area contributed by atoms with E-state index in [1.165, 1.54) is 26.4 Å². The first-order valence-corrected chi connectivity index (χ1v) is 13.6. The Hall–Kier alpha value is -1.37. The van der Waals surface area contributed by atoms with Gasteiger partial charge in [-0.25, -0.2) is 0 Å². The summed E-state index contributed by atoms with van der Waals surface area (Å²) >= 11 is 0. The molecule has 0 aromatic carbocycles. The van der Waals surface area contributed by atoms with E-state index in [4.69, 9.17) is 18.9 Å². The molecular formula is C28H46O6. The van der Waals surface area contributed by atoms with Crippen LogP contribution < -0.4 is 0 Å². The average molecular weight is 479 g/mol. The Morgan fingerprint density at radius 2 is 2.15 bits per heavy atom. The van der Waals surface area contributed by atoms with Crippen LogP contribution in [-0.4, -0.2) is 49.4 Å². The number of aliphatic hydroxyl groups excluding tert-OH is 1. The van der Waals surface area contributed by atoms with Gasteiger partial charge >= 0.3 is 5.97 Å². The van der Waals surface area contributed by atoms with Crippen molar-refractivity contribution in [2.24, 2.45) is 17.8 Å². The van der Waals surface area contributed by atoms with Gasteiger partial charge in [-0.1, -0.05) is 45.3 Å². The first-order chi connectivity index (χ1) is 16.5. The van der Waals surface area contributed by atoms with Gasteiger partial charge in [0, 0.05) is 37.7 Å². The number of ether oxygens (including phenoxy) is 4. The van der Waals surface area contributed by atoms with E-state index in [0.717, 1.165) is 57.3 Å². The highest BCUT2D eigenvalue weighted by atomic mass is 16.7. The topological polar surface area (TPSA) is 74.2 Å². The molecule has 6 heteroatoms. The van der Waals surface area contributed by atoms with Gasteiger partial charge in [0.2, 0.25) is 0 Å². The monoisotopic (exact) mass is 478 g/mol. The molecule has 2 saturated heterocycles. The van der Waals surface area contributed by atoms with Crippen molar-refractivity contribution in [1.82, 2.24) is 0 Å². The van der Waals surface area contributed by atoms with Crippen molar-refractivity contribution in [1.29, 1.82) is 0 Å². The molecule has 0 aromatic heterocycles. The van der Waals surface area contributed by atoms with Crippen LogP contribution in [0.25, 0.3) is 0 Å². The Balaban J connectivity index is 1.57. The molecule has 194 valence electrons. The molecule has 1 aliphatic carbocycles. The Bertz CT molecular complexity index is 668. The minimum atomic E-state index is -0.379. The Labute approximate surface area is 206 Å². The zero-order chi connectivity index (χ0) is 24.3. The van der Waals surface area contributed by atoms with Crippen LogP contribution in [0, 0.1) is 17.8 Å². The highest BCUT2D eigenvalue weighted by molar-refractivity contribution is 5.69. The molecule has 6 nitrogen and oxygen atoms in total. The molecule has 2 aliphatic heterocycles. The van der Waals surface area contributed by atoms with Gasteiger partial charge in [0.25, 0.3) is 0 Å². The smallest absolute Gasteiger partial charge is 0.305 e. The molecular weight excluding hydrogens is 432 g/mol. The molecule has 3 aliphatic rings. The highest BCUT2D eigenvalue weighted by Crippen LogP contribution is 2.45. The van der Waals surface area contributed by atoms with Crippen LogP contribution in [0.15, 0.2) is 24.0 Å². The molecule has 1 saturated carbocycles. The van der Waals surface area contributed by atoms with Crippen molar-refractivity contribution in [2.75, 3.05) is 13.7 Å². The van der Waals surface area contributed by atoms with Gasteiger partial charge < -0.3 is 24.1 Å². The van der Waals surface area contributed by atoms with Crippen molar-refractivity contribution in [3.05, 3.63) is 24.0 Å². The first-order valence-electron chi connectivity index (χ1n) is 13.6. The van der Waals surface area contributed by atoms with E-state index in [9.17, 15) is 9.90 Å². The molecule has 0 radical (unpaired) electrons. The summed E-state index contributed by atoms with van der Waals surface area (Å²) in [5, 5.41) is 10.7. The number of rotatable bonds is 13. The van der Waals surface area contributed by atoms with Crippen LogP contribution in [0.2, 0.25) is 0 Å². The van der Waals surface area contributed by atoms with Gasteiger partial charge in [0.05, 0.1) is 25.1 Å². The zero-order valence-electron chi connectivity index (χ0n) is 21.5. The van der Waals surface area contributed by atoms with Crippen molar-refractivity contribution in [2.45, 2.75) is 115 Å². The third kappa shape index (κ3) is 8.39. The molecule has 0 bridgehead atoms. The summed E-state index contributed by atoms with van der Waals surface area (Å²) in [6.07, 6.45) is 17.5. The van der Waals surface area contributed by atoms with Gasteiger partial charge in [-0.3, -0.25) is 4.79 Å². The van der Waals surface area contributed by atoms with Crippen LogP contribution in [-0.2, 0) is 23.7 Å². The average Bonchev–Trinajstić information content (AvgIpc) is 3.35. The first kappa shape index (κ1) is 27.2. The van der Waals surface area contributed by atoms with Crippen molar-refractivity contribution in [3.8, 4) is 0 Å². The van der Waals surface area contributed by atoms with Gasteiger partial charge in [-0.15, -0.1) is 0 Å². The van der Waals surface area contributed by atoms with Crippen LogP contribution in [0.4, 0.5) is 0 Å². The maximum atomic E-state index is 11.3. The summed E-state index contributed by atoms with van der Waals surface area (Å²) in [6, 6.07) is 0. The number of carbonyl (C=O) groups excluding carboxylic acids is 1. The lowest BCUT2D eigenvalue weighted by Gasteiger charge is -2.28. The number of esters is 1. The molecule has 7 atom stereocenters. The summed E-state index contributed by atoms with van der Waals surface area (Å²) < 4.78 is 23.1. The number of methoxy groups -OCH3 is 1. The van der Waals surface area contributed by atoms with E-state index in [1.54, 1.807) is 0 Å². The second-order valence-electron chi connectivity index (χ2n) is 10.4. The fraction of sp³-hybridized carbons (Fsp3) is 0.821. The quantitative estimate of drug-likeness (QED) is 0.208. The summed E-state index contributed by atoms with van der Waals surface area (Å²) in [6.45, 7) is 5.33. The van der Waals surface area contributed by atoms with Crippen LogP contribution >= 0.6 is 0 Å². The van der Waals surface area contributed by atoms with E-state index < -0.39 is 0 Å². The van der Waals surface area contributed by atoms with E-state index in [0.29, 0.717) is 24.7 Å². The third-order valence-corrected chi connectivity index (χ3v) is 7.51. The summed E-state index contributed by atoms with van der Waals surface area (Å²) in [5.74, 6) is 1.79. The molecule has 0 amide bonds. The Kier molecular flexibility index (Phi) is 11.4. The summed E-state index contributed by atoms with van der Waals surface area (Å²) in [7, 11) is 1.42. The zero-order valence-corrected chi connectivity index (χ0v) is 21.5. The standard InChI is InChI=1S/C28H46O6/c1-4-5-10-20(2)17-22(34-28-13-8-9-16-32-28)14-15-23-24-18-21(33-26(24)19-25(23)29)11-6-7-12-27(30)31-3/h11,14-15,20,22-26,28-29H,4-10,12-13,16-19H2,1-3H3/b15-14+,21-11-/t20-,22+,23+,24+,25+,26-,28?/m0/s1. The number of carbonyl (C=O) groups is 1. The molecule has 1 unspecified atom stereocenters. The van der Waals surface area contributed by atoms with Crippen molar-refractivity contribution < 1.29 is 28.8 Å². The molecule has 0 aromatic rings. The van der Waals surface area contributed by atoms with Crippen molar-refractivity contribution >= 4 is 5.97 Å². The van der Waals surface area contributed by atoms with Gasteiger partial charge in [-0.05, 0) is 50.5 Å². The van der Waals surface area contributed by atoms with Gasteiger partial charge in [0.1, 0.15) is 6.10 Å². The number of unbranched alkanes of at least 4 members (excludes halogenated alkanes) is 2. The minimum absolute atomic E-state index is 0.0110. The van der Waals surface area contributed by atoms with E-state index in [-0.39, 0.29) is 36.5 Å². The van der Waals surface area contributed by atoms with Gasteiger partial charge in [0.15, 0.2) is 6.29 Å². The fourth-order valence-electron chi connectivity index (χ4n) is 5.51. The van der Waals surface area contributed by atoms with E-state index in [1.807, 2.05) is 0 Å². The number of aliphatic hydroxyl groups is 1. The van der Waals surface area contributed by atoms with E-state index >= 15 is 0 Å². The SMILES string of the molecule is CCCC[C@H](C)C[C@@H](/C=C/[C@@H]1[C@H]2C/C(=C/CCCC(=O)OC)O[C@H]2C[C@H]1O)OC1CCCCO1. The van der Waals surface area contributed by atoms with E-state index in [2.05, 4.69) is 32.1 Å². The number of hydrogen-bond donors (Lipinski definition) is 1. The lowest BCUT2D eigenvalue weighted by atomic mass is 9.90. The Morgan fingerprint density at radius 1 is 1.29 bits per heavy atom. The molecule has 2 heterocycles. The minimum Gasteiger partial charge on any atom is -0.495 e. The van der Waals surface area contributed by atoms with Crippen LogP contribution in [0.5, 0.6) is 0 Å². The predicted octanol–water partition coefficient (Wildman–Crippen LogP) is 5.68. The van der Waals surface area contributed by atoms with Gasteiger partial charge in [-0.2, -0.15) is 0 Å². The van der Waals surface area contributed by atoms with Crippen LogP contribution in [0.1, 0.15) is 90.9 Å². The normalized spacial score (nSPS) is 32.0. The second kappa shape index (κ2) is 14.3. The highest BCUT2D eigenvalue weighted by Gasteiger charge is 2.47. The lowest BCUT2D eigenvalue weighted by Crippen LogP contribution is -2.28. The van der Waals surface area contributed by atoms with Crippen LogP contribution in [0.3, 0.4) is 0 Å². The molecule has 1 N–H and O–H groups in total. The Morgan fingerprint density at radius 3 is 2.88 bits per heavy atom. The molecule has 3 fully saturated rings. The number of hydrogen-bond acceptors (Lipinski definition) is 6. The molecule has 3 rings (SSSR count). The molecule has 0 spiro atoms. The summed E-state index contributed by atoms with van der Waals surface area (Å²) in [5.41, 5.74) is 0. The maximum Gasteiger partial charge on any atom is 0.305 e. The molecule has 34 heavy (non-hydrogen) atoms. The fourth-order valence-corrected chi connectivity index (χ4v) is 5.51. The van der Waals surface area contributed by atoms with Crippen molar-refractivity contribution in [3.63, 3.8) is 0 Å². The largest absolute Gasteiger partial charge is 0.495 e. The third-order valence-electron chi connectivity index (χ3n) is 7.51. The predicted molar refractivity (Wildman–Crippen MR) is 132 cm³/mol.